The highest BCUT2D eigenvalue weighted by atomic mass is 32.2. The summed E-state index contributed by atoms with van der Waals surface area (Å²) in [4.78, 5) is 0. The van der Waals surface area contributed by atoms with Gasteiger partial charge in [-0.25, -0.2) is 0 Å². The van der Waals surface area contributed by atoms with Gasteiger partial charge in [0.25, 0.3) is 10.2 Å². The van der Waals surface area contributed by atoms with Crippen LogP contribution in [-0.4, -0.2) is 63.5 Å². The zero-order valence-corrected chi connectivity index (χ0v) is 11.4. The summed E-state index contributed by atoms with van der Waals surface area (Å²) in [5, 5.41) is 0. The molecule has 7 heteroatoms. The van der Waals surface area contributed by atoms with Crippen molar-refractivity contribution in [1.82, 2.24) is 8.61 Å². The van der Waals surface area contributed by atoms with Crippen molar-refractivity contribution in [3.63, 3.8) is 0 Å². The molecule has 0 bridgehead atoms. The molecular weight excluding hydrogens is 242 g/mol. The van der Waals surface area contributed by atoms with Crippen molar-refractivity contribution >= 4 is 10.2 Å². The predicted molar refractivity (Wildman–Crippen MR) is 66.8 cm³/mol. The van der Waals surface area contributed by atoms with Gasteiger partial charge < -0.3 is 10.5 Å². The number of methoxy groups -OCH3 is 1. The third-order valence-electron chi connectivity index (χ3n) is 3.07. The molecule has 6 nitrogen and oxygen atoms in total. The van der Waals surface area contributed by atoms with E-state index in [1.807, 2.05) is 0 Å². The summed E-state index contributed by atoms with van der Waals surface area (Å²) in [6.07, 6.45) is 2.47. The van der Waals surface area contributed by atoms with Crippen molar-refractivity contribution in [3.05, 3.63) is 0 Å². The Morgan fingerprint density at radius 3 is 2.82 bits per heavy atom. The van der Waals surface area contributed by atoms with Gasteiger partial charge in [0, 0.05) is 33.8 Å². The minimum atomic E-state index is -3.35. The molecular formula is C10H23N3O3S. The van der Waals surface area contributed by atoms with Gasteiger partial charge in [0.2, 0.25) is 0 Å². The Balaban J connectivity index is 2.62. The van der Waals surface area contributed by atoms with Gasteiger partial charge in [-0.1, -0.05) is 0 Å². The number of nitrogens with two attached hydrogens (primary N) is 1. The molecule has 1 fully saturated rings. The van der Waals surface area contributed by atoms with Crippen LogP contribution in [0.5, 0.6) is 0 Å². The van der Waals surface area contributed by atoms with E-state index in [9.17, 15) is 8.42 Å². The maximum atomic E-state index is 12.2. The molecule has 102 valence electrons. The highest BCUT2D eigenvalue weighted by Gasteiger charge is 2.31. The zero-order chi connectivity index (χ0) is 12.9. The van der Waals surface area contributed by atoms with Crippen LogP contribution >= 0.6 is 0 Å². The van der Waals surface area contributed by atoms with Crippen molar-refractivity contribution in [2.24, 2.45) is 5.73 Å². The highest BCUT2D eigenvalue weighted by molar-refractivity contribution is 7.86. The quantitative estimate of drug-likeness (QED) is 0.710. The van der Waals surface area contributed by atoms with Gasteiger partial charge in [0.15, 0.2) is 0 Å². The maximum absolute atomic E-state index is 12.2. The summed E-state index contributed by atoms with van der Waals surface area (Å²) in [5.41, 5.74) is 5.39. The molecule has 1 aliphatic rings. The van der Waals surface area contributed by atoms with Crippen molar-refractivity contribution in [3.8, 4) is 0 Å². The molecule has 1 unspecified atom stereocenters. The Morgan fingerprint density at radius 2 is 2.24 bits per heavy atom. The van der Waals surface area contributed by atoms with E-state index in [0.29, 0.717) is 32.6 Å². The average Bonchev–Trinajstić information content (AvgIpc) is 2.35. The molecule has 1 aliphatic heterocycles. The largest absolute Gasteiger partial charge is 0.380 e. The van der Waals surface area contributed by atoms with Gasteiger partial charge in [0.05, 0.1) is 6.10 Å². The van der Waals surface area contributed by atoms with Gasteiger partial charge in [-0.15, -0.1) is 0 Å². The van der Waals surface area contributed by atoms with Crippen LogP contribution in [0.1, 0.15) is 19.3 Å². The van der Waals surface area contributed by atoms with Crippen LogP contribution in [0.2, 0.25) is 0 Å². The zero-order valence-electron chi connectivity index (χ0n) is 10.6. The van der Waals surface area contributed by atoms with Gasteiger partial charge in [0.1, 0.15) is 0 Å². The molecule has 0 aromatic rings. The predicted octanol–water partition coefficient (Wildman–Crippen LogP) is -0.377. The minimum Gasteiger partial charge on any atom is -0.380 e. The number of nitrogens with zero attached hydrogens (tertiary/aromatic N) is 2. The summed E-state index contributed by atoms with van der Waals surface area (Å²) in [6.45, 7) is 1.99. The molecule has 0 spiro atoms. The summed E-state index contributed by atoms with van der Waals surface area (Å²) >= 11 is 0. The first-order valence-electron chi connectivity index (χ1n) is 5.96. The fraction of sp³-hybridized carbons (Fsp3) is 1.00. The lowest BCUT2D eigenvalue weighted by atomic mass is 10.1. The molecule has 0 amide bonds. The van der Waals surface area contributed by atoms with Crippen LogP contribution in [0, 0.1) is 0 Å². The van der Waals surface area contributed by atoms with Crippen LogP contribution in [-0.2, 0) is 14.9 Å². The molecule has 0 aromatic heterocycles. The SMILES string of the molecule is COC1CCCN(S(=O)(=O)N(C)CCCN)C1. The van der Waals surface area contributed by atoms with E-state index < -0.39 is 10.2 Å². The first-order chi connectivity index (χ1) is 8.02. The van der Waals surface area contributed by atoms with Crippen molar-refractivity contribution in [2.45, 2.75) is 25.4 Å². The Hall–Kier alpha value is -0.210. The van der Waals surface area contributed by atoms with Crippen LogP contribution < -0.4 is 5.73 Å². The molecule has 0 aliphatic carbocycles. The molecule has 0 saturated carbocycles. The second kappa shape index (κ2) is 6.65. The van der Waals surface area contributed by atoms with Crippen LogP contribution in [0.25, 0.3) is 0 Å². The van der Waals surface area contributed by atoms with E-state index >= 15 is 0 Å². The lowest BCUT2D eigenvalue weighted by Gasteiger charge is -2.33. The van der Waals surface area contributed by atoms with Gasteiger partial charge in [-0.3, -0.25) is 0 Å². The number of hydrogen-bond donors (Lipinski definition) is 1. The smallest absolute Gasteiger partial charge is 0.281 e. The van der Waals surface area contributed by atoms with Crippen LogP contribution in [0.4, 0.5) is 0 Å². The molecule has 17 heavy (non-hydrogen) atoms. The third kappa shape index (κ3) is 3.89. The first-order valence-corrected chi connectivity index (χ1v) is 7.36. The lowest BCUT2D eigenvalue weighted by molar-refractivity contribution is 0.0556. The van der Waals surface area contributed by atoms with E-state index in [0.717, 1.165) is 12.8 Å². The van der Waals surface area contributed by atoms with Crippen LogP contribution in [0.15, 0.2) is 0 Å². The summed E-state index contributed by atoms with van der Waals surface area (Å²) in [6, 6.07) is 0. The number of piperidine rings is 1. The summed E-state index contributed by atoms with van der Waals surface area (Å²) in [5.74, 6) is 0. The molecule has 1 atom stereocenters. The van der Waals surface area contributed by atoms with Gasteiger partial charge in [-0.05, 0) is 25.8 Å². The van der Waals surface area contributed by atoms with E-state index in [1.165, 1.54) is 8.61 Å². The average molecular weight is 265 g/mol. The topological polar surface area (TPSA) is 75.9 Å². The molecule has 0 aromatic carbocycles. The van der Waals surface area contributed by atoms with Gasteiger partial charge >= 0.3 is 0 Å². The Morgan fingerprint density at radius 1 is 1.53 bits per heavy atom. The van der Waals surface area contributed by atoms with Crippen molar-refractivity contribution in [1.29, 1.82) is 0 Å². The summed E-state index contributed by atoms with van der Waals surface area (Å²) < 4.78 is 32.5. The lowest BCUT2D eigenvalue weighted by Crippen LogP contribution is -2.48. The van der Waals surface area contributed by atoms with Gasteiger partial charge in [-0.2, -0.15) is 17.0 Å². The second-order valence-electron chi connectivity index (χ2n) is 4.33. The van der Waals surface area contributed by atoms with E-state index in [2.05, 4.69) is 0 Å². The molecule has 1 rings (SSSR count). The van der Waals surface area contributed by atoms with E-state index in [1.54, 1.807) is 14.2 Å². The highest BCUT2D eigenvalue weighted by Crippen LogP contribution is 2.17. The molecule has 0 radical (unpaired) electrons. The number of hydrogen-bond acceptors (Lipinski definition) is 4. The first kappa shape index (κ1) is 14.8. The van der Waals surface area contributed by atoms with E-state index in [-0.39, 0.29) is 6.10 Å². The minimum absolute atomic E-state index is 0.0152. The fourth-order valence-corrected chi connectivity index (χ4v) is 3.40. The van der Waals surface area contributed by atoms with Crippen LogP contribution in [0.3, 0.4) is 0 Å². The van der Waals surface area contributed by atoms with Crippen molar-refractivity contribution < 1.29 is 13.2 Å². The standard InChI is InChI=1S/C10H23N3O3S/c1-12(7-4-6-11)17(14,15)13-8-3-5-10(9-13)16-2/h10H,3-9,11H2,1-2H3. The second-order valence-corrected chi connectivity index (χ2v) is 6.36. The van der Waals surface area contributed by atoms with E-state index in [4.69, 9.17) is 10.5 Å². The Bertz CT molecular complexity index is 321. The van der Waals surface area contributed by atoms with Crippen molar-refractivity contribution in [2.75, 3.05) is 40.3 Å². The molecule has 1 saturated heterocycles. The molecule has 1 heterocycles. The number of ether oxygens (including phenoxy) is 1. The monoisotopic (exact) mass is 265 g/mol. The number of rotatable bonds is 6. The maximum Gasteiger partial charge on any atom is 0.281 e. The summed E-state index contributed by atoms with van der Waals surface area (Å²) in [7, 11) is -0.124. The Kier molecular flexibility index (Phi) is 5.81. The fourth-order valence-electron chi connectivity index (χ4n) is 1.93. The Labute approximate surface area is 104 Å². The third-order valence-corrected chi connectivity index (χ3v) is 5.03. The normalized spacial score (nSPS) is 23.2. The molecule has 2 N–H and O–H groups in total.